The Kier molecular flexibility index (Phi) is 3.69. The number of methoxy groups -OCH3 is 1. The lowest BCUT2D eigenvalue weighted by Gasteiger charge is -2.08. The predicted molar refractivity (Wildman–Crippen MR) is 85.0 cm³/mol. The van der Waals surface area contributed by atoms with Crippen molar-refractivity contribution in [3.63, 3.8) is 0 Å². The average Bonchev–Trinajstić information content (AvgIpc) is 2.55. The highest BCUT2D eigenvalue weighted by Gasteiger charge is 2.11. The minimum absolute atomic E-state index is 0.102. The van der Waals surface area contributed by atoms with Crippen LogP contribution in [0.15, 0.2) is 66.7 Å². The molecule has 21 heavy (non-hydrogen) atoms. The Morgan fingerprint density at radius 3 is 2.43 bits per heavy atom. The second-order valence-electron chi connectivity index (χ2n) is 4.97. The number of benzene rings is 3. The summed E-state index contributed by atoms with van der Waals surface area (Å²) in [6.45, 7) is 0. The first-order valence-corrected chi connectivity index (χ1v) is 6.92. The molecule has 3 rings (SSSR count). The molecule has 0 aliphatic rings. The maximum atomic E-state index is 12.5. The van der Waals surface area contributed by atoms with Gasteiger partial charge in [-0.1, -0.05) is 54.6 Å². The van der Waals surface area contributed by atoms with E-state index in [0.29, 0.717) is 6.42 Å². The highest BCUT2D eigenvalue weighted by atomic mass is 16.5. The predicted octanol–water partition coefficient (Wildman–Crippen LogP) is 4.27. The number of para-hydroxylation sites is 1. The Balaban J connectivity index is 1.90. The summed E-state index contributed by atoms with van der Waals surface area (Å²) < 4.78 is 5.30. The zero-order valence-corrected chi connectivity index (χ0v) is 11.9. The molecule has 0 amide bonds. The van der Waals surface area contributed by atoms with Crippen LogP contribution in [-0.4, -0.2) is 12.9 Å². The van der Waals surface area contributed by atoms with E-state index >= 15 is 0 Å². The van der Waals surface area contributed by atoms with E-state index in [1.165, 1.54) is 0 Å². The molecule has 0 saturated carbocycles. The smallest absolute Gasteiger partial charge is 0.167 e. The van der Waals surface area contributed by atoms with Gasteiger partial charge in [-0.2, -0.15) is 0 Å². The summed E-state index contributed by atoms with van der Waals surface area (Å²) in [4.78, 5) is 12.5. The van der Waals surface area contributed by atoms with Gasteiger partial charge < -0.3 is 4.74 Å². The molecule has 0 aromatic heterocycles. The van der Waals surface area contributed by atoms with Gasteiger partial charge in [0.25, 0.3) is 0 Å². The molecule has 0 N–H and O–H groups in total. The number of Topliss-reactive ketones (excluding diaryl/α,β-unsaturated/α-hetero) is 1. The molecule has 0 saturated heterocycles. The third-order valence-electron chi connectivity index (χ3n) is 3.61. The van der Waals surface area contributed by atoms with Crippen molar-refractivity contribution in [1.82, 2.24) is 0 Å². The van der Waals surface area contributed by atoms with Gasteiger partial charge in [-0.05, 0) is 22.9 Å². The van der Waals surface area contributed by atoms with E-state index in [-0.39, 0.29) is 5.78 Å². The minimum Gasteiger partial charge on any atom is -0.496 e. The zero-order valence-electron chi connectivity index (χ0n) is 11.9. The van der Waals surface area contributed by atoms with Crippen molar-refractivity contribution in [3.8, 4) is 5.75 Å². The van der Waals surface area contributed by atoms with Crippen LogP contribution in [0.4, 0.5) is 0 Å². The van der Waals surface area contributed by atoms with Gasteiger partial charge in [-0.25, -0.2) is 0 Å². The van der Waals surface area contributed by atoms with E-state index in [9.17, 15) is 4.79 Å². The number of fused-ring (bicyclic) bond motifs is 1. The molecule has 0 aliphatic carbocycles. The molecule has 0 unspecified atom stereocenters. The van der Waals surface area contributed by atoms with Crippen LogP contribution >= 0.6 is 0 Å². The third kappa shape index (κ3) is 2.79. The molecule has 0 bridgehead atoms. The van der Waals surface area contributed by atoms with Crippen LogP contribution in [0.2, 0.25) is 0 Å². The van der Waals surface area contributed by atoms with Crippen molar-refractivity contribution in [2.75, 3.05) is 7.11 Å². The van der Waals surface area contributed by atoms with E-state index < -0.39 is 0 Å². The summed E-state index contributed by atoms with van der Waals surface area (Å²) >= 11 is 0. The van der Waals surface area contributed by atoms with Crippen LogP contribution < -0.4 is 4.74 Å². The first-order valence-electron chi connectivity index (χ1n) is 6.92. The molecule has 3 aromatic carbocycles. The zero-order chi connectivity index (χ0) is 14.7. The first kappa shape index (κ1) is 13.4. The van der Waals surface area contributed by atoms with Crippen molar-refractivity contribution >= 4 is 16.6 Å². The normalized spacial score (nSPS) is 10.5. The minimum atomic E-state index is 0.102. The summed E-state index contributed by atoms with van der Waals surface area (Å²) in [5.41, 5.74) is 1.65. The average molecular weight is 276 g/mol. The Bertz CT molecular complexity index is 790. The Hall–Kier alpha value is -2.61. The number of carbonyl (C=O) groups excluding carboxylic acids is 1. The van der Waals surface area contributed by atoms with Crippen molar-refractivity contribution in [2.45, 2.75) is 6.42 Å². The SMILES string of the molecule is COc1ccccc1CC(=O)c1ccc2ccccc2c1. The number of ether oxygens (including phenoxy) is 1. The van der Waals surface area contributed by atoms with Crippen molar-refractivity contribution in [2.24, 2.45) is 0 Å². The van der Waals surface area contributed by atoms with E-state index in [1.54, 1.807) is 7.11 Å². The van der Waals surface area contributed by atoms with Gasteiger partial charge in [0.1, 0.15) is 5.75 Å². The summed E-state index contributed by atoms with van der Waals surface area (Å²) in [7, 11) is 1.62. The Morgan fingerprint density at radius 2 is 1.62 bits per heavy atom. The molecule has 104 valence electrons. The summed E-state index contributed by atoms with van der Waals surface area (Å²) in [6.07, 6.45) is 0.350. The molecule has 0 spiro atoms. The molecule has 2 heteroatoms. The summed E-state index contributed by atoms with van der Waals surface area (Å²) in [5.74, 6) is 0.858. The van der Waals surface area contributed by atoms with Crippen LogP contribution in [0.3, 0.4) is 0 Å². The van der Waals surface area contributed by atoms with E-state index in [1.807, 2.05) is 66.7 Å². The third-order valence-corrected chi connectivity index (χ3v) is 3.61. The lowest BCUT2D eigenvalue weighted by molar-refractivity contribution is 0.0992. The molecular weight excluding hydrogens is 260 g/mol. The summed E-state index contributed by atoms with van der Waals surface area (Å²) in [6, 6.07) is 21.5. The van der Waals surface area contributed by atoms with E-state index in [2.05, 4.69) is 0 Å². The maximum absolute atomic E-state index is 12.5. The van der Waals surface area contributed by atoms with Crippen LogP contribution in [0.1, 0.15) is 15.9 Å². The van der Waals surface area contributed by atoms with Gasteiger partial charge in [-0.15, -0.1) is 0 Å². The van der Waals surface area contributed by atoms with Gasteiger partial charge in [0.2, 0.25) is 0 Å². The number of hydrogen-bond acceptors (Lipinski definition) is 2. The Morgan fingerprint density at radius 1 is 0.905 bits per heavy atom. The van der Waals surface area contributed by atoms with E-state index in [4.69, 9.17) is 4.74 Å². The quantitative estimate of drug-likeness (QED) is 0.665. The van der Waals surface area contributed by atoms with Crippen LogP contribution in [-0.2, 0) is 6.42 Å². The Labute approximate surface area is 124 Å². The highest BCUT2D eigenvalue weighted by Crippen LogP contribution is 2.21. The van der Waals surface area contributed by atoms with Gasteiger partial charge in [-0.3, -0.25) is 4.79 Å². The molecule has 0 radical (unpaired) electrons. The number of ketones is 1. The van der Waals surface area contributed by atoms with E-state index in [0.717, 1.165) is 27.6 Å². The monoisotopic (exact) mass is 276 g/mol. The van der Waals surface area contributed by atoms with Gasteiger partial charge in [0.15, 0.2) is 5.78 Å². The highest BCUT2D eigenvalue weighted by molar-refractivity contribution is 6.01. The van der Waals surface area contributed by atoms with Crippen molar-refractivity contribution in [1.29, 1.82) is 0 Å². The molecule has 0 fully saturated rings. The molecule has 0 aliphatic heterocycles. The number of rotatable bonds is 4. The van der Waals surface area contributed by atoms with Gasteiger partial charge in [0, 0.05) is 17.5 Å². The van der Waals surface area contributed by atoms with Crippen LogP contribution in [0, 0.1) is 0 Å². The molecule has 0 heterocycles. The first-order chi connectivity index (χ1) is 10.3. The fraction of sp³-hybridized carbons (Fsp3) is 0.105. The molecule has 2 nitrogen and oxygen atoms in total. The fourth-order valence-corrected chi connectivity index (χ4v) is 2.49. The summed E-state index contributed by atoms with van der Waals surface area (Å²) in [5, 5.41) is 2.23. The van der Waals surface area contributed by atoms with Crippen molar-refractivity contribution < 1.29 is 9.53 Å². The second kappa shape index (κ2) is 5.80. The lowest BCUT2D eigenvalue weighted by atomic mass is 9.99. The van der Waals surface area contributed by atoms with Crippen molar-refractivity contribution in [3.05, 3.63) is 77.9 Å². The number of hydrogen-bond donors (Lipinski definition) is 0. The molecular formula is C19H16O2. The van der Waals surface area contributed by atoms with Gasteiger partial charge in [0.05, 0.1) is 7.11 Å². The fourth-order valence-electron chi connectivity index (χ4n) is 2.49. The molecule has 0 atom stereocenters. The molecule has 3 aromatic rings. The van der Waals surface area contributed by atoms with Crippen LogP contribution in [0.25, 0.3) is 10.8 Å². The standard InChI is InChI=1S/C19H16O2/c1-21-19-9-5-4-8-17(19)13-18(20)16-11-10-14-6-2-3-7-15(14)12-16/h2-12H,13H2,1H3. The number of carbonyl (C=O) groups is 1. The maximum Gasteiger partial charge on any atom is 0.167 e. The topological polar surface area (TPSA) is 26.3 Å². The van der Waals surface area contributed by atoms with Crippen LogP contribution in [0.5, 0.6) is 5.75 Å². The van der Waals surface area contributed by atoms with Gasteiger partial charge >= 0.3 is 0 Å². The second-order valence-corrected chi connectivity index (χ2v) is 4.97. The largest absolute Gasteiger partial charge is 0.496 e. The lowest BCUT2D eigenvalue weighted by Crippen LogP contribution is -2.04.